The lowest BCUT2D eigenvalue weighted by Crippen LogP contribution is -2.39. The smallest absolute Gasteiger partial charge is 0.172 e. The summed E-state index contributed by atoms with van der Waals surface area (Å²) in [7, 11) is 0. The van der Waals surface area contributed by atoms with Crippen molar-refractivity contribution in [3.8, 4) is 0 Å². The van der Waals surface area contributed by atoms with E-state index in [4.69, 9.17) is 21.1 Å². The molecule has 0 aromatic carbocycles. The van der Waals surface area contributed by atoms with Gasteiger partial charge in [0.1, 0.15) is 5.02 Å². The molecule has 0 radical (unpaired) electrons. The molecule has 3 heterocycles. The average Bonchev–Trinajstić information content (AvgIpc) is 2.49. The van der Waals surface area contributed by atoms with Gasteiger partial charge in [-0.25, -0.2) is 0 Å². The predicted octanol–water partition coefficient (Wildman–Crippen LogP) is 0.803. The van der Waals surface area contributed by atoms with E-state index in [-0.39, 0.29) is 0 Å². The van der Waals surface area contributed by atoms with E-state index in [9.17, 15) is 0 Å². The van der Waals surface area contributed by atoms with Crippen molar-refractivity contribution in [3.05, 3.63) is 11.2 Å². The minimum atomic E-state index is 0.679. The first-order valence-electron chi connectivity index (χ1n) is 6.53. The first-order valence-corrected chi connectivity index (χ1v) is 6.90. The van der Waals surface area contributed by atoms with Crippen LogP contribution in [0.2, 0.25) is 5.02 Å². The molecular formula is C12H17ClN4O2. The second-order valence-electron chi connectivity index (χ2n) is 4.57. The van der Waals surface area contributed by atoms with Crippen molar-refractivity contribution in [2.24, 2.45) is 0 Å². The van der Waals surface area contributed by atoms with Gasteiger partial charge in [-0.3, -0.25) is 0 Å². The zero-order valence-electron chi connectivity index (χ0n) is 10.7. The SMILES string of the molecule is Clc1c(N2CCOCC2)cnnc1N1CCOCC1. The molecule has 1 aromatic heterocycles. The van der Waals surface area contributed by atoms with E-state index in [0.29, 0.717) is 18.2 Å². The molecule has 0 spiro atoms. The minimum absolute atomic E-state index is 0.679. The zero-order chi connectivity index (χ0) is 13.1. The number of hydrogen-bond donors (Lipinski definition) is 0. The first-order chi connectivity index (χ1) is 9.36. The van der Waals surface area contributed by atoms with Crippen molar-refractivity contribution in [2.45, 2.75) is 0 Å². The quantitative estimate of drug-likeness (QED) is 0.801. The molecule has 0 saturated carbocycles. The Morgan fingerprint density at radius 2 is 1.53 bits per heavy atom. The summed E-state index contributed by atoms with van der Waals surface area (Å²) < 4.78 is 10.7. The Morgan fingerprint density at radius 3 is 2.16 bits per heavy atom. The molecule has 3 rings (SSSR count). The molecule has 0 N–H and O–H groups in total. The largest absolute Gasteiger partial charge is 0.378 e. The van der Waals surface area contributed by atoms with E-state index in [2.05, 4.69) is 20.0 Å². The molecule has 0 aliphatic carbocycles. The van der Waals surface area contributed by atoms with Crippen LogP contribution in [-0.2, 0) is 9.47 Å². The summed E-state index contributed by atoms with van der Waals surface area (Å²) in [6, 6.07) is 0. The fraction of sp³-hybridized carbons (Fsp3) is 0.667. The van der Waals surface area contributed by atoms with Gasteiger partial charge in [0.25, 0.3) is 0 Å². The van der Waals surface area contributed by atoms with Crippen LogP contribution in [0.4, 0.5) is 11.5 Å². The lowest BCUT2D eigenvalue weighted by Gasteiger charge is -2.32. The van der Waals surface area contributed by atoms with Crippen LogP contribution in [0.3, 0.4) is 0 Å². The second kappa shape index (κ2) is 5.90. The third-order valence-corrected chi connectivity index (χ3v) is 3.78. The monoisotopic (exact) mass is 284 g/mol. The summed E-state index contributed by atoms with van der Waals surface area (Å²) in [6.45, 7) is 6.17. The number of anilines is 2. The summed E-state index contributed by atoms with van der Waals surface area (Å²) in [4.78, 5) is 4.33. The van der Waals surface area contributed by atoms with E-state index in [1.807, 2.05) is 0 Å². The van der Waals surface area contributed by atoms with E-state index < -0.39 is 0 Å². The Bertz CT molecular complexity index is 397. The molecule has 1 aromatic rings. The lowest BCUT2D eigenvalue weighted by atomic mass is 10.3. The van der Waals surface area contributed by atoms with Gasteiger partial charge in [0.2, 0.25) is 0 Å². The molecule has 6 nitrogen and oxygen atoms in total. The van der Waals surface area contributed by atoms with Crippen molar-refractivity contribution < 1.29 is 9.47 Å². The molecule has 0 bridgehead atoms. The Balaban J connectivity index is 1.84. The van der Waals surface area contributed by atoms with Crippen molar-refractivity contribution in [2.75, 3.05) is 62.4 Å². The number of ether oxygens (including phenoxy) is 2. The molecule has 0 amide bonds. The van der Waals surface area contributed by atoms with Crippen molar-refractivity contribution >= 4 is 23.1 Å². The summed E-state index contributed by atoms with van der Waals surface area (Å²) in [6.07, 6.45) is 1.73. The lowest BCUT2D eigenvalue weighted by molar-refractivity contribution is 0.122. The van der Waals surface area contributed by atoms with Crippen LogP contribution in [0.25, 0.3) is 0 Å². The predicted molar refractivity (Wildman–Crippen MR) is 73.1 cm³/mol. The van der Waals surface area contributed by atoms with Crippen LogP contribution >= 0.6 is 11.6 Å². The zero-order valence-corrected chi connectivity index (χ0v) is 11.5. The van der Waals surface area contributed by atoms with Gasteiger partial charge in [0, 0.05) is 26.2 Å². The normalized spacial score (nSPS) is 20.7. The molecule has 7 heteroatoms. The van der Waals surface area contributed by atoms with E-state index in [0.717, 1.165) is 50.9 Å². The summed E-state index contributed by atoms with van der Waals surface area (Å²) in [5, 5.41) is 8.96. The number of nitrogens with zero attached hydrogens (tertiary/aromatic N) is 4. The van der Waals surface area contributed by atoms with Gasteiger partial charge in [0.05, 0.1) is 38.3 Å². The number of halogens is 1. The van der Waals surface area contributed by atoms with Gasteiger partial charge < -0.3 is 19.3 Å². The fourth-order valence-corrected chi connectivity index (χ4v) is 2.68. The maximum Gasteiger partial charge on any atom is 0.172 e. The third kappa shape index (κ3) is 2.75. The Labute approximate surface area is 117 Å². The highest BCUT2D eigenvalue weighted by Gasteiger charge is 2.21. The fourth-order valence-electron chi connectivity index (χ4n) is 2.36. The van der Waals surface area contributed by atoms with Crippen LogP contribution in [0.15, 0.2) is 6.20 Å². The maximum absolute atomic E-state index is 6.51. The van der Waals surface area contributed by atoms with E-state index in [1.165, 1.54) is 0 Å². The van der Waals surface area contributed by atoms with Crippen LogP contribution in [-0.4, -0.2) is 62.8 Å². The second-order valence-corrected chi connectivity index (χ2v) is 4.94. The van der Waals surface area contributed by atoms with Crippen LogP contribution in [0, 0.1) is 0 Å². The van der Waals surface area contributed by atoms with E-state index >= 15 is 0 Å². The molecule has 2 saturated heterocycles. The molecule has 2 fully saturated rings. The molecule has 2 aliphatic heterocycles. The molecular weight excluding hydrogens is 268 g/mol. The molecule has 0 atom stereocenters. The van der Waals surface area contributed by atoms with Gasteiger partial charge >= 0.3 is 0 Å². The van der Waals surface area contributed by atoms with Gasteiger partial charge in [0.15, 0.2) is 5.82 Å². The average molecular weight is 285 g/mol. The minimum Gasteiger partial charge on any atom is -0.378 e. The third-order valence-electron chi connectivity index (χ3n) is 3.42. The van der Waals surface area contributed by atoms with Crippen LogP contribution in [0.1, 0.15) is 0 Å². The van der Waals surface area contributed by atoms with Gasteiger partial charge in [-0.1, -0.05) is 11.6 Å². The van der Waals surface area contributed by atoms with Gasteiger partial charge in [-0.2, -0.15) is 5.10 Å². The Morgan fingerprint density at radius 1 is 0.947 bits per heavy atom. The van der Waals surface area contributed by atoms with Crippen molar-refractivity contribution in [1.82, 2.24) is 10.2 Å². The molecule has 0 unspecified atom stereocenters. The van der Waals surface area contributed by atoms with Crippen molar-refractivity contribution in [1.29, 1.82) is 0 Å². The molecule has 19 heavy (non-hydrogen) atoms. The Kier molecular flexibility index (Phi) is 4.00. The van der Waals surface area contributed by atoms with Crippen LogP contribution < -0.4 is 9.80 Å². The van der Waals surface area contributed by atoms with Crippen molar-refractivity contribution in [3.63, 3.8) is 0 Å². The highest BCUT2D eigenvalue weighted by Crippen LogP contribution is 2.33. The van der Waals surface area contributed by atoms with Gasteiger partial charge in [-0.05, 0) is 0 Å². The molecule has 104 valence electrons. The number of morpholine rings is 2. The maximum atomic E-state index is 6.51. The topological polar surface area (TPSA) is 50.7 Å². The molecule has 2 aliphatic rings. The summed E-state index contributed by atoms with van der Waals surface area (Å²) in [5.41, 5.74) is 0.946. The Hall–Kier alpha value is -1.11. The van der Waals surface area contributed by atoms with E-state index in [1.54, 1.807) is 6.20 Å². The first kappa shape index (κ1) is 12.9. The summed E-state index contributed by atoms with van der Waals surface area (Å²) in [5.74, 6) is 0.758. The highest BCUT2D eigenvalue weighted by atomic mass is 35.5. The highest BCUT2D eigenvalue weighted by molar-refractivity contribution is 6.35. The number of aromatic nitrogens is 2. The summed E-state index contributed by atoms with van der Waals surface area (Å²) >= 11 is 6.51. The standard InChI is InChI=1S/C12H17ClN4O2/c13-11-10(16-1-5-18-6-2-16)9-14-15-12(11)17-3-7-19-8-4-17/h9H,1-8H2. The van der Waals surface area contributed by atoms with Crippen LogP contribution in [0.5, 0.6) is 0 Å². The number of rotatable bonds is 2. The number of hydrogen-bond acceptors (Lipinski definition) is 6. The van der Waals surface area contributed by atoms with Gasteiger partial charge in [-0.15, -0.1) is 5.10 Å².